The lowest BCUT2D eigenvalue weighted by molar-refractivity contribution is 1.09. The lowest BCUT2D eigenvalue weighted by Gasteiger charge is -2.14. The molecule has 4 heterocycles. The van der Waals surface area contributed by atoms with Crippen molar-refractivity contribution in [1.29, 1.82) is 0 Å². The normalized spacial score (nSPS) is 11.5. The van der Waals surface area contributed by atoms with Crippen molar-refractivity contribution in [2.45, 2.75) is 0 Å². The molecule has 0 bridgehead atoms. The second-order valence-corrected chi connectivity index (χ2v) is 10.9. The van der Waals surface area contributed by atoms with E-state index in [1.165, 1.54) is 25.6 Å². The van der Waals surface area contributed by atoms with Crippen LogP contribution in [0.15, 0.2) is 140 Å². The number of thiophene rings is 1. The molecule has 8 aromatic rings. The molecule has 0 N–H and O–H groups in total. The summed E-state index contributed by atoms with van der Waals surface area (Å²) in [5.74, 6) is 0. The molecular formula is C36H23N3S. The number of benzene rings is 4. The van der Waals surface area contributed by atoms with Crippen LogP contribution in [0.3, 0.4) is 0 Å². The first-order valence-electron chi connectivity index (χ1n) is 13.3. The van der Waals surface area contributed by atoms with Crippen LogP contribution >= 0.6 is 11.3 Å². The van der Waals surface area contributed by atoms with E-state index in [0.717, 1.165) is 45.0 Å². The number of nitrogens with zero attached hydrogens (tertiary/aromatic N) is 3. The predicted molar refractivity (Wildman–Crippen MR) is 168 cm³/mol. The molecule has 4 aromatic carbocycles. The highest BCUT2D eigenvalue weighted by atomic mass is 32.1. The minimum atomic E-state index is 0.848. The van der Waals surface area contributed by atoms with E-state index in [2.05, 4.69) is 120 Å². The van der Waals surface area contributed by atoms with Gasteiger partial charge < -0.3 is 4.57 Å². The SMILES string of the molecule is c1ccc(-c2cc(-c3ccccc3)nc(-c3ncccc3-n3ccc4c5sc6ccccc6c5ccc43)c2)cc1. The summed E-state index contributed by atoms with van der Waals surface area (Å²) in [7, 11) is 0. The van der Waals surface area contributed by atoms with Gasteiger partial charge in [0.1, 0.15) is 5.69 Å². The largest absolute Gasteiger partial charge is 0.314 e. The van der Waals surface area contributed by atoms with E-state index < -0.39 is 0 Å². The molecule has 0 radical (unpaired) electrons. The number of pyridine rings is 2. The first-order chi connectivity index (χ1) is 19.8. The molecule has 8 rings (SSSR count). The lowest BCUT2D eigenvalue weighted by Crippen LogP contribution is -2.00. The van der Waals surface area contributed by atoms with E-state index in [0.29, 0.717) is 0 Å². The monoisotopic (exact) mass is 529 g/mol. The molecule has 4 aromatic heterocycles. The molecule has 0 atom stereocenters. The number of rotatable bonds is 4. The van der Waals surface area contributed by atoms with E-state index in [-0.39, 0.29) is 0 Å². The fourth-order valence-corrected chi connectivity index (χ4v) is 6.83. The van der Waals surface area contributed by atoms with Crippen LogP contribution in [0.1, 0.15) is 0 Å². The van der Waals surface area contributed by atoms with Crippen molar-refractivity contribution in [2.24, 2.45) is 0 Å². The molecule has 188 valence electrons. The van der Waals surface area contributed by atoms with Crippen molar-refractivity contribution >= 4 is 42.4 Å². The molecule has 0 aliphatic rings. The average molecular weight is 530 g/mol. The van der Waals surface area contributed by atoms with Gasteiger partial charge in [-0.05, 0) is 53.6 Å². The Morgan fingerprint density at radius 1 is 0.550 bits per heavy atom. The van der Waals surface area contributed by atoms with Gasteiger partial charge >= 0.3 is 0 Å². The third-order valence-electron chi connectivity index (χ3n) is 7.50. The van der Waals surface area contributed by atoms with Gasteiger partial charge in [0.05, 0.1) is 22.6 Å². The van der Waals surface area contributed by atoms with Gasteiger partial charge in [-0.3, -0.25) is 4.98 Å². The summed E-state index contributed by atoms with van der Waals surface area (Å²) in [5, 5.41) is 3.88. The van der Waals surface area contributed by atoms with E-state index in [1.54, 1.807) is 0 Å². The second kappa shape index (κ2) is 9.30. The third-order valence-corrected chi connectivity index (χ3v) is 8.72. The summed E-state index contributed by atoms with van der Waals surface area (Å²) in [6, 6.07) is 44.7. The zero-order chi connectivity index (χ0) is 26.5. The highest BCUT2D eigenvalue weighted by molar-refractivity contribution is 7.26. The molecule has 0 unspecified atom stereocenters. The molecule has 0 aliphatic carbocycles. The Labute approximate surface area is 235 Å². The van der Waals surface area contributed by atoms with E-state index in [1.807, 2.05) is 35.7 Å². The fourth-order valence-electron chi connectivity index (χ4n) is 5.60. The number of fused-ring (bicyclic) bond motifs is 5. The van der Waals surface area contributed by atoms with Crippen molar-refractivity contribution in [3.63, 3.8) is 0 Å². The Bertz CT molecular complexity index is 2100. The Hall–Kier alpha value is -5.06. The van der Waals surface area contributed by atoms with Crippen LogP contribution in [0, 0.1) is 0 Å². The molecule has 0 amide bonds. The van der Waals surface area contributed by atoms with Crippen molar-refractivity contribution in [2.75, 3.05) is 0 Å². The maximum absolute atomic E-state index is 5.15. The summed E-state index contributed by atoms with van der Waals surface area (Å²) in [5.41, 5.74) is 8.15. The van der Waals surface area contributed by atoms with Crippen molar-refractivity contribution in [3.05, 3.63) is 140 Å². The second-order valence-electron chi connectivity index (χ2n) is 9.89. The zero-order valence-corrected chi connectivity index (χ0v) is 22.3. The van der Waals surface area contributed by atoms with Gasteiger partial charge in [0.2, 0.25) is 0 Å². The van der Waals surface area contributed by atoms with Crippen molar-refractivity contribution < 1.29 is 0 Å². The minimum absolute atomic E-state index is 0.848. The first-order valence-corrected chi connectivity index (χ1v) is 14.2. The first kappa shape index (κ1) is 22.9. The summed E-state index contributed by atoms with van der Waals surface area (Å²) >= 11 is 1.86. The molecule has 0 fully saturated rings. The van der Waals surface area contributed by atoms with Crippen molar-refractivity contribution in [3.8, 4) is 39.5 Å². The predicted octanol–water partition coefficient (Wildman–Crippen LogP) is 9.79. The van der Waals surface area contributed by atoms with Crippen LogP contribution in [-0.2, 0) is 0 Å². The number of hydrogen-bond donors (Lipinski definition) is 0. The Kier molecular flexibility index (Phi) is 5.32. The Balaban J connectivity index is 1.34. The van der Waals surface area contributed by atoms with Crippen molar-refractivity contribution in [1.82, 2.24) is 14.5 Å². The number of aromatic nitrogens is 3. The molecular weight excluding hydrogens is 506 g/mol. The van der Waals surface area contributed by atoms with Crippen LogP contribution in [-0.4, -0.2) is 14.5 Å². The quantitative estimate of drug-likeness (QED) is 0.227. The summed E-state index contributed by atoms with van der Waals surface area (Å²) in [6.45, 7) is 0. The third kappa shape index (κ3) is 3.73. The fraction of sp³-hybridized carbons (Fsp3) is 0. The van der Waals surface area contributed by atoms with Gasteiger partial charge in [-0.15, -0.1) is 11.3 Å². The molecule has 40 heavy (non-hydrogen) atoms. The van der Waals surface area contributed by atoms with E-state index >= 15 is 0 Å². The molecule has 3 nitrogen and oxygen atoms in total. The van der Waals surface area contributed by atoms with Crippen LogP contribution in [0.25, 0.3) is 70.5 Å². The Morgan fingerprint density at radius 2 is 1.30 bits per heavy atom. The lowest BCUT2D eigenvalue weighted by atomic mass is 10.0. The van der Waals surface area contributed by atoms with Gasteiger partial charge in [-0.25, -0.2) is 4.98 Å². The van der Waals surface area contributed by atoms with Crippen LogP contribution in [0.5, 0.6) is 0 Å². The standard InChI is InChI=1S/C36H23N3S/c1-3-10-24(11-4-1)26-22-30(25-12-5-2-6-13-25)38-31(23-26)35-33(15-9-20-37-35)39-21-19-29-32(39)18-17-28-27-14-7-8-16-34(27)40-36(28)29/h1-23H. The van der Waals surface area contributed by atoms with Gasteiger partial charge in [-0.1, -0.05) is 84.9 Å². The van der Waals surface area contributed by atoms with Crippen LogP contribution in [0.2, 0.25) is 0 Å². The van der Waals surface area contributed by atoms with Gasteiger partial charge in [0.15, 0.2) is 0 Å². The average Bonchev–Trinajstić information content (AvgIpc) is 3.63. The van der Waals surface area contributed by atoms with Crippen LogP contribution in [0.4, 0.5) is 0 Å². The molecule has 0 saturated carbocycles. The maximum atomic E-state index is 5.15. The summed E-state index contributed by atoms with van der Waals surface area (Å²) in [6.07, 6.45) is 4.02. The van der Waals surface area contributed by atoms with Gasteiger partial charge in [0.25, 0.3) is 0 Å². The molecule has 0 spiro atoms. The minimum Gasteiger partial charge on any atom is -0.314 e. The highest BCUT2D eigenvalue weighted by Gasteiger charge is 2.17. The van der Waals surface area contributed by atoms with Gasteiger partial charge in [-0.2, -0.15) is 0 Å². The maximum Gasteiger partial charge on any atom is 0.113 e. The van der Waals surface area contributed by atoms with E-state index in [9.17, 15) is 0 Å². The molecule has 0 aliphatic heterocycles. The Morgan fingerprint density at radius 3 is 2.15 bits per heavy atom. The summed E-state index contributed by atoms with van der Waals surface area (Å²) < 4.78 is 4.88. The topological polar surface area (TPSA) is 30.7 Å². The summed E-state index contributed by atoms with van der Waals surface area (Å²) in [4.78, 5) is 10.1. The number of hydrogen-bond acceptors (Lipinski definition) is 3. The molecule has 0 saturated heterocycles. The van der Waals surface area contributed by atoms with Gasteiger partial charge in [0, 0.05) is 43.5 Å². The smallest absolute Gasteiger partial charge is 0.113 e. The zero-order valence-electron chi connectivity index (χ0n) is 21.5. The highest BCUT2D eigenvalue weighted by Crippen LogP contribution is 2.40. The van der Waals surface area contributed by atoms with E-state index in [4.69, 9.17) is 9.97 Å². The molecule has 4 heteroatoms. The van der Waals surface area contributed by atoms with Crippen LogP contribution < -0.4 is 0 Å².